The van der Waals surface area contributed by atoms with Crippen LogP contribution in [0.1, 0.15) is 23.6 Å². The van der Waals surface area contributed by atoms with E-state index in [1.54, 1.807) is 6.07 Å². The Hall–Kier alpha value is -2.52. The van der Waals surface area contributed by atoms with Crippen LogP contribution >= 0.6 is 0 Å². The number of benzene rings is 3. The van der Waals surface area contributed by atoms with E-state index in [4.69, 9.17) is 4.74 Å². The van der Waals surface area contributed by atoms with Crippen LogP contribution in [0.2, 0.25) is 0 Å². The van der Waals surface area contributed by atoms with Gasteiger partial charge in [0, 0.05) is 30.1 Å². The fourth-order valence-corrected chi connectivity index (χ4v) is 3.29. The molecule has 0 radical (unpaired) electrons. The van der Waals surface area contributed by atoms with Crippen molar-refractivity contribution in [3.63, 3.8) is 0 Å². The van der Waals surface area contributed by atoms with Crippen molar-refractivity contribution >= 4 is 10.8 Å². The van der Waals surface area contributed by atoms with Gasteiger partial charge in [-0.1, -0.05) is 48.5 Å². The van der Waals surface area contributed by atoms with Crippen LogP contribution < -0.4 is 10.1 Å². The molecule has 0 unspecified atom stereocenters. The van der Waals surface area contributed by atoms with Gasteiger partial charge in [0.05, 0.1) is 6.61 Å². The molecular weight excluding hydrogens is 286 g/mol. The average molecular weight is 305 g/mol. The van der Waals surface area contributed by atoms with Crippen LogP contribution in [0.15, 0.2) is 60.7 Å². The first-order chi connectivity index (χ1) is 11.3. The van der Waals surface area contributed by atoms with Crippen molar-refractivity contribution in [1.29, 1.82) is 0 Å². The van der Waals surface area contributed by atoms with Gasteiger partial charge in [-0.15, -0.1) is 0 Å². The summed E-state index contributed by atoms with van der Waals surface area (Å²) >= 11 is 0. The van der Waals surface area contributed by atoms with Crippen molar-refractivity contribution in [2.24, 2.45) is 0 Å². The van der Waals surface area contributed by atoms with Crippen LogP contribution in [0, 0.1) is 0 Å². The number of aromatic hydroxyl groups is 1. The number of para-hydroxylation sites is 1. The Bertz CT molecular complexity index is 844. The standard InChI is InChI=1S/C20H19NO2/c22-19-10-9-14-5-1-2-6-15(14)17(19)13-21-18-11-12-23-20-8-4-3-7-16(18)20/h1-10,18,21-22H,11-13H2/t18-/m0/s1. The molecule has 1 aliphatic heterocycles. The zero-order chi connectivity index (χ0) is 15.6. The van der Waals surface area contributed by atoms with E-state index in [0.717, 1.165) is 35.1 Å². The first-order valence-corrected chi connectivity index (χ1v) is 7.97. The van der Waals surface area contributed by atoms with Crippen LogP contribution in [-0.4, -0.2) is 11.7 Å². The van der Waals surface area contributed by atoms with Crippen molar-refractivity contribution in [2.75, 3.05) is 6.61 Å². The molecule has 0 bridgehead atoms. The van der Waals surface area contributed by atoms with Crippen LogP contribution in [-0.2, 0) is 6.54 Å². The number of hydrogen-bond donors (Lipinski definition) is 2. The van der Waals surface area contributed by atoms with Gasteiger partial charge in [0.2, 0.25) is 0 Å². The fraction of sp³-hybridized carbons (Fsp3) is 0.200. The summed E-state index contributed by atoms with van der Waals surface area (Å²) in [5, 5.41) is 16.1. The van der Waals surface area contributed by atoms with Crippen LogP contribution in [0.3, 0.4) is 0 Å². The molecule has 0 saturated carbocycles. The molecule has 0 spiro atoms. The zero-order valence-corrected chi connectivity index (χ0v) is 12.8. The number of phenols is 1. The predicted molar refractivity (Wildman–Crippen MR) is 91.7 cm³/mol. The Morgan fingerprint density at radius 2 is 1.83 bits per heavy atom. The van der Waals surface area contributed by atoms with Gasteiger partial charge in [-0.05, 0) is 22.9 Å². The number of phenolic OH excluding ortho intramolecular Hbond substituents is 1. The Labute approximate surface area is 135 Å². The maximum absolute atomic E-state index is 10.3. The summed E-state index contributed by atoms with van der Waals surface area (Å²) < 4.78 is 5.71. The normalized spacial score (nSPS) is 16.8. The third-order valence-electron chi connectivity index (χ3n) is 4.50. The van der Waals surface area contributed by atoms with Gasteiger partial charge in [-0.2, -0.15) is 0 Å². The van der Waals surface area contributed by atoms with Gasteiger partial charge in [0.1, 0.15) is 11.5 Å². The van der Waals surface area contributed by atoms with Crippen molar-refractivity contribution in [1.82, 2.24) is 5.32 Å². The largest absolute Gasteiger partial charge is 0.508 e. The molecule has 3 aromatic carbocycles. The second kappa shape index (κ2) is 5.94. The van der Waals surface area contributed by atoms with Crippen molar-refractivity contribution in [3.8, 4) is 11.5 Å². The molecule has 2 N–H and O–H groups in total. The van der Waals surface area contributed by atoms with Crippen LogP contribution in [0.5, 0.6) is 11.5 Å². The fourth-order valence-electron chi connectivity index (χ4n) is 3.29. The topological polar surface area (TPSA) is 41.5 Å². The maximum atomic E-state index is 10.3. The first-order valence-electron chi connectivity index (χ1n) is 7.97. The van der Waals surface area contributed by atoms with Gasteiger partial charge in [-0.3, -0.25) is 0 Å². The minimum atomic E-state index is 0.248. The average Bonchev–Trinajstić information content (AvgIpc) is 2.61. The third-order valence-corrected chi connectivity index (χ3v) is 4.50. The smallest absolute Gasteiger partial charge is 0.124 e. The second-order valence-corrected chi connectivity index (χ2v) is 5.89. The summed E-state index contributed by atoms with van der Waals surface area (Å²) in [6.45, 7) is 1.35. The Morgan fingerprint density at radius 3 is 2.78 bits per heavy atom. The number of nitrogens with one attached hydrogen (secondary N) is 1. The molecule has 1 aliphatic rings. The predicted octanol–water partition coefficient (Wildman–Crippen LogP) is 4.16. The number of fused-ring (bicyclic) bond motifs is 2. The molecule has 0 amide bonds. The summed E-state index contributed by atoms with van der Waals surface area (Å²) in [5.74, 6) is 1.30. The van der Waals surface area contributed by atoms with Gasteiger partial charge in [0.15, 0.2) is 0 Å². The van der Waals surface area contributed by atoms with E-state index in [0.29, 0.717) is 12.3 Å². The summed E-state index contributed by atoms with van der Waals surface area (Å²) in [6.07, 6.45) is 0.933. The summed E-state index contributed by atoms with van der Waals surface area (Å²) in [4.78, 5) is 0. The van der Waals surface area contributed by atoms with E-state index in [9.17, 15) is 5.11 Å². The van der Waals surface area contributed by atoms with Gasteiger partial charge < -0.3 is 15.2 Å². The van der Waals surface area contributed by atoms with E-state index in [1.807, 2.05) is 36.4 Å². The lowest BCUT2D eigenvalue weighted by molar-refractivity contribution is 0.252. The number of rotatable bonds is 3. The van der Waals surface area contributed by atoms with Gasteiger partial charge in [-0.25, -0.2) is 0 Å². The molecule has 3 nitrogen and oxygen atoms in total. The summed E-state index contributed by atoms with van der Waals surface area (Å²) in [5.41, 5.74) is 2.14. The highest BCUT2D eigenvalue weighted by molar-refractivity contribution is 5.87. The SMILES string of the molecule is Oc1ccc2ccccc2c1CN[C@H]1CCOc2ccccc21. The quantitative estimate of drug-likeness (QED) is 0.763. The van der Waals surface area contributed by atoms with E-state index in [2.05, 4.69) is 23.5 Å². The lowest BCUT2D eigenvalue weighted by Crippen LogP contribution is -2.26. The summed E-state index contributed by atoms with van der Waals surface area (Å²) in [6, 6.07) is 20.3. The highest BCUT2D eigenvalue weighted by Crippen LogP contribution is 2.33. The van der Waals surface area contributed by atoms with Crippen LogP contribution in [0.25, 0.3) is 10.8 Å². The highest BCUT2D eigenvalue weighted by Gasteiger charge is 2.21. The molecule has 3 heteroatoms. The minimum Gasteiger partial charge on any atom is -0.508 e. The molecular formula is C20H19NO2. The third kappa shape index (κ3) is 2.64. The van der Waals surface area contributed by atoms with Crippen molar-refractivity contribution < 1.29 is 9.84 Å². The van der Waals surface area contributed by atoms with E-state index in [-0.39, 0.29) is 6.04 Å². The highest BCUT2D eigenvalue weighted by atomic mass is 16.5. The molecule has 0 saturated heterocycles. The number of hydrogen-bond acceptors (Lipinski definition) is 3. The Morgan fingerprint density at radius 1 is 1.00 bits per heavy atom. The molecule has 0 aromatic heterocycles. The monoisotopic (exact) mass is 305 g/mol. The molecule has 3 aromatic rings. The Kier molecular flexibility index (Phi) is 3.64. The van der Waals surface area contributed by atoms with Gasteiger partial charge in [0.25, 0.3) is 0 Å². The Balaban J connectivity index is 1.62. The molecule has 1 heterocycles. The lowest BCUT2D eigenvalue weighted by atomic mass is 9.99. The zero-order valence-electron chi connectivity index (χ0n) is 12.8. The molecule has 116 valence electrons. The first kappa shape index (κ1) is 14.1. The number of ether oxygens (including phenoxy) is 1. The van der Waals surface area contributed by atoms with Crippen molar-refractivity contribution in [3.05, 3.63) is 71.8 Å². The summed E-state index contributed by atoms with van der Waals surface area (Å²) in [7, 11) is 0. The van der Waals surface area contributed by atoms with E-state index in [1.165, 1.54) is 5.56 Å². The minimum absolute atomic E-state index is 0.248. The molecule has 0 aliphatic carbocycles. The molecule has 0 fully saturated rings. The molecule has 4 rings (SSSR count). The van der Waals surface area contributed by atoms with E-state index >= 15 is 0 Å². The van der Waals surface area contributed by atoms with Crippen molar-refractivity contribution in [2.45, 2.75) is 19.0 Å². The lowest BCUT2D eigenvalue weighted by Gasteiger charge is -2.27. The molecule has 23 heavy (non-hydrogen) atoms. The van der Waals surface area contributed by atoms with Gasteiger partial charge >= 0.3 is 0 Å². The maximum Gasteiger partial charge on any atom is 0.124 e. The second-order valence-electron chi connectivity index (χ2n) is 5.89. The van der Waals surface area contributed by atoms with E-state index < -0.39 is 0 Å². The van der Waals surface area contributed by atoms with Crippen LogP contribution in [0.4, 0.5) is 0 Å². The molecule has 1 atom stereocenters.